The monoisotopic (exact) mass is 450 g/mol. The summed E-state index contributed by atoms with van der Waals surface area (Å²) >= 11 is 0. The van der Waals surface area contributed by atoms with Crippen molar-refractivity contribution in [2.45, 2.75) is 23.6 Å². The van der Waals surface area contributed by atoms with Gasteiger partial charge < -0.3 is 9.64 Å². The molecule has 0 saturated carbocycles. The lowest BCUT2D eigenvalue weighted by Crippen LogP contribution is -2.30. The highest BCUT2D eigenvalue weighted by molar-refractivity contribution is 7.96. The number of fused-ring (bicyclic) bond motifs is 1. The number of hydrogen-bond donors (Lipinski definition) is 0. The lowest BCUT2D eigenvalue weighted by atomic mass is 10.2. The molecule has 0 unspecified atom stereocenters. The average molecular weight is 451 g/mol. The molecule has 2 aromatic carbocycles. The van der Waals surface area contributed by atoms with Crippen LogP contribution in [0.1, 0.15) is 13.8 Å². The highest BCUT2D eigenvalue weighted by Crippen LogP contribution is 2.39. The summed E-state index contributed by atoms with van der Waals surface area (Å²) in [6, 6.07) is 12.3. The number of carbonyl (C=O) groups excluding carboxylic acids is 1. The molecule has 0 aromatic heterocycles. The van der Waals surface area contributed by atoms with Crippen LogP contribution < -0.4 is 4.90 Å². The van der Waals surface area contributed by atoms with E-state index < -0.39 is 30.7 Å². The van der Waals surface area contributed by atoms with Gasteiger partial charge in [-0.25, -0.2) is 21.6 Å². The summed E-state index contributed by atoms with van der Waals surface area (Å²) in [5, 5.41) is 0. The van der Waals surface area contributed by atoms with Crippen LogP contribution in [0.3, 0.4) is 0 Å². The molecule has 0 fully saturated rings. The molecule has 0 atom stereocenters. The van der Waals surface area contributed by atoms with Gasteiger partial charge in [-0.05, 0) is 36.4 Å². The van der Waals surface area contributed by atoms with Crippen LogP contribution in [0.4, 0.5) is 11.4 Å². The summed E-state index contributed by atoms with van der Waals surface area (Å²) in [4.78, 5) is 13.2. The van der Waals surface area contributed by atoms with E-state index in [1.165, 1.54) is 33.6 Å². The molecule has 1 aliphatic rings. The number of sulfone groups is 1. The van der Waals surface area contributed by atoms with Gasteiger partial charge in [0.25, 0.3) is 0 Å². The number of carbonyl (C=O) groups is 1. The summed E-state index contributed by atoms with van der Waals surface area (Å²) in [7, 11) is -6.56. The molecule has 2 aromatic rings. The second kappa shape index (κ2) is 8.21. The molecule has 3 rings (SSSR count). The number of anilines is 2. The molecule has 0 spiro atoms. The van der Waals surface area contributed by atoms with Crippen molar-refractivity contribution in [3.05, 3.63) is 59.6 Å². The van der Waals surface area contributed by atoms with Gasteiger partial charge in [0.15, 0.2) is 4.91 Å². The Morgan fingerprint density at radius 3 is 2.20 bits per heavy atom. The fraction of sp³-hybridized carbons (Fsp3) is 0.250. The quantitative estimate of drug-likeness (QED) is 0.624. The maximum absolute atomic E-state index is 12.8. The molecule has 0 saturated heterocycles. The number of methoxy groups -OCH3 is 1. The van der Waals surface area contributed by atoms with Crippen LogP contribution in [0.5, 0.6) is 0 Å². The van der Waals surface area contributed by atoms with E-state index in [0.29, 0.717) is 24.5 Å². The van der Waals surface area contributed by atoms with Crippen LogP contribution in [0.2, 0.25) is 0 Å². The number of rotatable bonds is 6. The Kier molecular flexibility index (Phi) is 6.02. The van der Waals surface area contributed by atoms with Gasteiger partial charge in [0.2, 0.25) is 19.9 Å². The Bertz CT molecular complexity index is 1200. The molecule has 0 amide bonds. The molecule has 160 valence electrons. The number of esters is 1. The van der Waals surface area contributed by atoms with E-state index in [4.69, 9.17) is 0 Å². The Morgan fingerprint density at radius 2 is 1.63 bits per heavy atom. The fourth-order valence-electron chi connectivity index (χ4n) is 3.23. The Labute approximate surface area is 176 Å². The van der Waals surface area contributed by atoms with Gasteiger partial charge in [0.05, 0.1) is 22.6 Å². The standard InChI is InChI=1S/C20H22N2O6S2/c1-4-21(5-2)30(26,27)16-12-10-15(11-13-16)22-14-19(20(23)28-3)29(24,25)18-9-7-6-8-17(18)22/h6-14H,4-5H2,1-3H3. The lowest BCUT2D eigenvalue weighted by Gasteiger charge is -2.28. The van der Waals surface area contributed by atoms with Crippen LogP contribution in [0, 0.1) is 0 Å². The van der Waals surface area contributed by atoms with Crippen molar-refractivity contribution < 1.29 is 26.4 Å². The third kappa shape index (κ3) is 3.62. The zero-order valence-electron chi connectivity index (χ0n) is 16.8. The number of benzene rings is 2. The van der Waals surface area contributed by atoms with Crippen molar-refractivity contribution in [2.24, 2.45) is 0 Å². The molecule has 10 heteroatoms. The first-order valence-electron chi connectivity index (χ1n) is 9.22. The minimum Gasteiger partial charge on any atom is -0.465 e. The topological polar surface area (TPSA) is 101 Å². The third-order valence-corrected chi connectivity index (χ3v) is 8.63. The predicted octanol–water partition coefficient (Wildman–Crippen LogP) is 2.66. The van der Waals surface area contributed by atoms with E-state index >= 15 is 0 Å². The molecule has 0 N–H and O–H groups in total. The zero-order chi connectivity index (χ0) is 22.1. The minimum atomic E-state index is -4.04. The van der Waals surface area contributed by atoms with Gasteiger partial charge in [-0.3, -0.25) is 0 Å². The molecule has 0 radical (unpaired) electrons. The smallest absolute Gasteiger partial charge is 0.351 e. The van der Waals surface area contributed by atoms with Crippen molar-refractivity contribution >= 4 is 37.2 Å². The highest BCUT2D eigenvalue weighted by atomic mass is 32.2. The first kappa shape index (κ1) is 22.0. The average Bonchev–Trinajstić information content (AvgIpc) is 2.74. The van der Waals surface area contributed by atoms with E-state index in [2.05, 4.69) is 4.74 Å². The van der Waals surface area contributed by atoms with Crippen LogP contribution in [0.25, 0.3) is 0 Å². The summed E-state index contributed by atoms with van der Waals surface area (Å²) in [5.74, 6) is -0.977. The predicted molar refractivity (Wildman–Crippen MR) is 112 cm³/mol. The van der Waals surface area contributed by atoms with Gasteiger partial charge in [0.1, 0.15) is 0 Å². The van der Waals surface area contributed by atoms with Gasteiger partial charge in [-0.1, -0.05) is 26.0 Å². The number of sulfonamides is 1. The number of hydrogen-bond acceptors (Lipinski definition) is 7. The maximum Gasteiger partial charge on any atom is 0.351 e. The molecular weight excluding hydrogens is 428 g/mol. The lowest BCUT2D eigenvalue weighted by molar-refractivity contribution is -0.135. The van der Waals surface area contributed by atoms with E-state index in [9.17, 15) is 21.6 Å². The summed E-state index contributed by atoms with van der Waals surface area (Å²) in [5.41, 5.74) is 0.849. The molecule has 0 aliphatic carbocycles. The first-order valence-corrected chi connectivity index (χ1v) is 12.1. The SMILES string of the molecule is CCN(CC)S(=O)(=O)c1ccc(N2C=C(C(=O)OC)S(=O)(=O)c3ccccc32)cc1. The number of para-hydroxylation sites is 1. The summed E-state index contributed by atoms with van der Waals surface area (Å²) < 4.78 is 57.1. The minimum absolute atomic E-state index is 0.0345. The number of ether oxygens (including phenoxy) is 1. The van der Waals surface area contributed by atoms with Crippen molar-refractivity contribution in [3.8, 4) is 0 Å². The molecule has 0 bridgehead atoms. The van der Waals surface area contributed by atoms with E-state index in [0.717, 1.165) is 7.11 Å². The van der Waals surface area contributed by atoms with Gasteiger partial charge in [-0.2, -0.15) is 4.31 Å². The van der Waals surface area contributed by atoms with Crippen molar-refractivity contribution in [2.75, 3.05) is 25.1 Å². The van der Waals surface area contributed by atoms with Crippen molar-refractivity contribution in [1.29, 1.82) is 0 Å². The molecule has 30 heavy (non-hydrogen) atoms. The Morgan fingerprint density at radius 1 is 1.03 bits per heavy atom. The Balaban J connectivity index is 2.12. The summed E-state index contributed by atoms with van der Waals surface area (Å²) in [6.07, 6.45) is 1.19. The third-order valence-electron chi connectivity index (χ3n) is 4.79. The number of nitrogens with zero attached hydrogens (tertiary/aromatic N) is 2. The largest absolute Gasteiger partial charge is 0.465 e. The van der Waals surface area contributed by atoms with Crippen molar-refractivity contribution in [3.63, 3.8) is 0 Å². The molecular formula is C20H22N2O6S2. The van der Waals surface area contributed by atoms with Gasteiger partial charge in [0, 0.05) is 25.0 Å². The highest BCUT2D eigenvalue weighted by Gasteiger charge is 2.36. The zero-order valence-corrected chi connectivity index (χ0v) is 18.4. The normalized spacial score (nSPS) is 15.5. The van der Waals surface area contributed by atoms with Crippen molar-refractivity contribution in [1.82, 2.24) is 4.31 Å². The van der Waals surface area contributed by atoms with Crippen LogP contribution >= 0.6 is 0 Å². The second-order valence-corrected chi connectivity index (χ2v) is 10.2. The van der Waals surface area contributed by atoms with Crippen LogP contribution in [-0.2, 0) is 29.4 Å². The second-order valence-electron chi connectivity index (χ2n) is 6.41. The van der Waals surface area contributed by atoms with E-state index in [1.54, 1.807) is 44.2 Å². The molecule has 1 aliphatic heterocycles. The molecule has 8 nitrogen and oxygen atoms in total. The first-order chi connectivity index (χ1) is 14.2. The van der Waals surface area contributed by atoms with Crippen LogP contribution in [-0.4, -0.2) is 47.3 Å². The fourth-order valence-corrected chi connectivity index (χ4v) is 6.17. The Hall–Kier alpha value is -2.69. The maximum atomic E-state index is 12.8. The van der Waals surface area contributed by atoms with Gasteiger partial charge >= 0.3 is 5.97 Å². The van der Waals surface area contributed by atoms with E-state index in [1.807, 2.05) is 0 Å². The van der Waals surface area contributed by atoms with Crippen LogP contribution in [0.15, 0.2) is 69.4 Å². The summed E-state index contributed by atoms with van der Waals surface area (Å²) in [6.45, 7) is 4.23. The molecule has 1 heterocycles. The van der Waals surface area contributed by atoms with Gasteiger partial charge in [-0.15, -0.1) is 0 Å². The van der Waals surface area contributed by atoms with E-state index in [-0.39, 0.29) is 9.79 Å².